The van der Waals surface area contributed by atoms with Gasteiger partial charge in [0.05, 0.1) is 17.0 Å². The number of fused-ring (bicyclic) bond motifs is 1. The van der Waals surface area contributed by atoms with E-state index >= 15 is 0 Å². The van der Waals surface area contributed by atoms with Crippen molar-refractivity contribution in [2.24, 2.45) is 5.92 Å². The van der Waals surface area contributed by atoms with Gasteiger partial charge in [0.25, 0.3) is 0 Å². The topological polar surface area (TPSA) is 75.4 Å². The van der Waals surface area contributed by atoms with Crippen LogP contribution in [0.4, 0.5) is 0 Å². The second-order valence-corrected chi connectivity index (χ2v) is 6.37. The van der Waals surface area contributed by atoms with Crippen molar-refractivity contribution in [2.45, 2.75) is 45.7 Å². The number of carboxylic acid groups (broad SMARTS) is 1. The summed E-state index contributed by atoms with van der Waals surface area (Å²) < 4.78 is 1.95. The number of aliphatic carboxylic acids is 1. The molecule has 24 heavy (non-hydrogen) atoms. The van der Waals surface area contributed by atoms with Crippen LogP contribution in [0.2, 0.25) is 0 Å². The Morgan fingerprint density at radius 3 is 2.79 bits per heavy atom. The van der Waals surface area contributed by atoms with Crippen LogP contribution < -0.4 is 0 Å². The van der Waals surface area contributed by atoms with Crippen LogP contribution in [0, 0.1) is 5.92 Å². The predicted octanol–water partition coefficient (Wildman–Crippen LogP) is 2.31. The van der Waals surface area contributed by atoms with Crippen LogP contribution in [0.5, 0.6) is 0 Å². The highest BCUT2D eigenvalue weighted by Gasteiger charge is 2.35. The third-order valence-corrected chi connectivity index (χ3v) is 4.97. The fraction of sp³-hybridized carbons (Fsp3) is 0.500. The SMILES string of the molecule is CCc1nc2ccccc2n1CC(=O)N1CCC[C@H](C(=O)O)[C@@H]1C. The van der Waals surface area contributed by atoms with Crippen molar-refractivity contribution in [3.63, 3.8) is 0 Å². The molecule has 6 heteroatoms. The van der Waals surface area contributed by atoms with Crippen LogP contribution in [0.1, 0.15) is 32.5 Å². The van der Waals surface area contributed by atoms with E-state index in [0.29, 0.717) is 13.0 Å². The van der Waals surface area contributed by atoms with Crippen molar-refractivity contribution in [1.29, 1.82) is 0 Å². The molecule has 1 aliphatic rings. The third-order valence-electron chi connectivity index (χ3n) is 4.97. The maximum Gasteiger partial charge on any atom is 0.308 e. The third kappa shape index (κ3) is 2.88. The van der Waals surface area contributed by atoms with E-state index in [-0.39, 0.29) is 18.5 Å². The molecule has 1 N–H and O–H groups in total. The summed E-state index contributed by atoms with van der Waals surface area (Å²) in [6.45, 7) is 4.69. The van der Waals surface area contributed by atoms with Crippen molar-refractivity contribution < 1.29 is 14.7 Å². The summed E-state index contributed by atoms with van der Waals surface area (Å²) >= 11 is 0. The molecule has 0 spiro atoms. The van der Waals surface area contributed by atoms with E-state index in [0.717, 1.165) is 29.7 Å². The second-order valence-electron chi connectivity index (χ2n) is 6.37. The van der Waals surface area contributed by atoms with E-state index < -0.39 is 11.9 Å². The van der Waals surface area contributed by atoms with Gasteiger partial charge in [0.2, 0.25) is 5.91 Å². The average Bonchev–Trinajstić information content (AvgIpc) is 2.92. The van der Waals surface area contributed by atoms with E-state index in [4.69, 9.17) is 0 Å². The first-order chi connectivity index (χ1) is 11.5. The smallest absolute Gasteiger partial charge is 0.308 e. The number of amides is 1. The zero-order valence-corrected chi connectivity index (χ0v) is 14.1. The molecule has 3 rings (SSSR count). The van der Waals surface area contributed by atoms with Gasteiger partial charge in [-0.05, 0) is 31.9 Å². The van der Waals surface area contributed by atoms with Gasteiger partial charge >= 0.3 is 5.97 Å². The van der Waals surface area contributed by atoms with Gasteiger partial charge in [-0.25, -0.2) is 4.98 Å². The lowest BCUT2D eigenvalue weighted by Gasteiger charge is -2.37. The molecule has 0 radical (unpaired) electrons. The van der Waals surface area contributed by atoms with E-state index in [9.17, 15) is 14.7 Å². The Morgan fingerprint density at radius 1 is 1.33 bits per heavy atom. The molecule has 1 aliphatic heterocycles. The standard InChI is InChI=1S/C18H23N3O3/c1-3-16-19-14-8-4-5-9-15(14)21(16)11-17(22)20-10-6-7-13(12(20)2)18(23)24/h4-5,8-9,12-13H,3,6-7,10-11H2,1-2H3,(H,23,24)/t12-,13-/m0/s1. The molecule has 2 heterocycles. The molecule has 1 aromatic heterocycles. The van der Waals surface area contributed by atoms with Crippen molar-refractivity contribution >= 4 is 22.9 Å². The Hall–Kier alpha value is -2.37. The molecule has 1 amide bonds. The van der Waals surface area contributed by atoms with Gasteiger partial charge in [-0.2, -0.15) is 0 Å². The lowest BCUT2D eigenvalue weighted by Crippen LogP contribution is -2.50. The van der Waals surface area contributed by atoms with Crippen molar-refractivity contribution in [3.8, 4) is 0 Å². The van der Waals surface area contributed by atoms with Crippen LogP contribution in [0.3, 0.4) is 0 Å². The van der Waals surface area contributed by atoms with Crippen molar-refractivity contribution in [2.75, 3.05) is 6.54 Å². The molecular weight excluding hydrogens is 306 g/mol. The number of likely N-dealkylation sites (tertiary alicyclic amines) is 1. The summed E-state index contributed by atoms with van der Waals surface area (Å²) in [4.78, 5) is 30.5. The maximum absolute atomic E-state index is 12.8. The minimum absolute atomic E-state index is 0.0358. The van der Waals surface area contributed by atoms with Crippen LogP contribution in [0.15, 0.2) is 24.3 Å². The largest absolute Gasteiger partial charge is 0.481 e. The molecular formula is C18H23N3O3. The number of para-hydroxylation sites is 2. The van der Waals surface area contributed by atoms with Crippen molar-refractivity contribution in [1.82, 2.24) is 14.5 Å². The number of imidazole rings is 1. The quantitative estimate of drug-likeness (QED) is 0.934. The Balaban J connectivity index is 1.86. The fourth-order valence-electron chi connectivity index (χ4n) is 3.62. The molecule has 128 valence electrons. The number of piperidine rings is 1. The van der Waals surface area contributed by atoms with Gasteiger partial charge in [-0.1, -0.05) is 19.1 Å². The molecule has 2 atom stereocenters. The number of carbonyl (C=O) groups excluding carboxylic acids is 1. The molecule has 0 bridgehead atoms. The van der Waals surface area contributed by atoms with E-state index in [1.165, 1.54) is 0 Å². The molecule has 2 aromatic rings. The van der Waals surface area contributed by atoms with Gasteiger partial charge < -0.3 is 14.6 Å². The van der Waals surface area contributed by atoms with Gasteiger partial charge in [0, 0.05) is 19.0 Å². The van der Waals surface area contributed by atoms with Crippen molar-refractivity contribution in [3.05, 3.63) is 30.1 Å². The first-order valence-corrected chi connectivity index (χ1v) is 8.49. The van der Waals surface area contributed by atoms with Gasteiger partial charge in [0.15, 0.2) is 0 Å². The Labute approximate surface area is 141 Å². The number of carbonyl (C=O) groups is 2. The molecule has 1 saturated heterocycles. The number of nitrogens with zero attached hydrogens (tertiary/aromatic N) is 3. The predicted molar refractivity (Wildman–Crippen MR) is 90.6 cm³/mol. The number of aryl methyl sites for hydroxylation is 1. The lowest BCUT2D eigenvalue weighted by molar-refractivity contribution is -0.149. The highest BCUT2D eigenvalue weighted by molar-refractivity contribution is 5.82. The zero-order valence-electron chi connectivity index (χ0n) is 14.1. The number of carboxylic acids is 1. The van der Waals surface area contributed by atoms with E-state index in [1.54, 1.807) is 4.90 Å². The summed E-state index contributed by atoms with van der Waals surface area (Å²) in [6, 6.07) is 7.51. The molecule has 0 unspecified atom stereocenters. The monoisotopic (exact) mass is 329 g/mol. The number of rotatable bonds is 4. The summed E-state index contributed by atoms with van der Waals surface area (Å²) in [5.41, 5.74) is 1.83. The Kier molecular flexibility index (Phi) is 4.55. The van der Waals surface area contributed by atoms with E-state index in [1.807, 2.05) is 42.7 Å². The normalized spacial score (nSPS) is 21.2. The number of hydrogen-bond donors (Lipinski definition) is 1. The molecule has 6 nitrogen and oxygen atoms in total. The summed E-state index contributed by atoms with van der Waals surface area (Å²) in [7, 11) is 0. The summed E-state index contributed by atoms with van der Waals surface area (Å²) in [5, 5.41) is 9.34. The molecule has 0 aliphatic carbocycles. The lowest BCUT2D eigenvalue weighted by atomic mass is 9.90. The van der Waals surface area contributed by atoms with Crippen LogP contribution in [-0.2, 0) is 22.6 Å². The Bertz CT molecular complexity index is 768. The fourth-order valence-corrected chi connectivity index (χ4v) is 3.62. The first kappa shape index (κ1) is 16.5. The number of hydrogen-bond acceptors (Lipinski definition) is 3. The second kappa shape index (κ2) is 6.63. The van der Waals surface area contributed by atoms with E-state index in [2.05, 4.69) is 4.98 Å². The van der Waals surface area contributed by atoms with Gasteiger partial charge in [-0.3, -0.25) is 9.59 Å². The van der Waals surface area contributed by atoms with Crippen LogP contribution >= 0.6 is 0 Å². The number of aromatic nitrogens is 2. The minimum Gasteiger partial charge on any atom is -0.481 e. The Morgan fingerprint density at radius 2 is 2.08 bits per heavy atom. The van der Waals surface area contributed by atoms with Crippen LogP contribution in [0.25, 0.3) is 11.0 Å². The highest BCUT2D eigenvalue weighted by Crippen LogP contribution is 2.25. The van der Waals surface area contributed by atoms with Gasteiger partial charge in [0.1, 0.15) is 12.4 Å². The zero-order chi connectivity index (χ0) is 17.3. The molecule has 1 fully saturated rings. The van der Waals surface area contributed by atoms with Gasteiger partial charge in [-0.15, -0.1) is 0 Å². The molecule has 1 aromatic carbocycles. The summed E-state index contributed by atoms with van der Waals surface area (Å²) in [6.07, 6.45) is 2.11. The molecule has 0 saturated carbocycles. The minimum atomic E-state index is -0.817. The highest BCUT2D eigenvalue weighted by atomic mass is 16.4. The maximum atomic E-state index is 12.8. The van der Waals surface area contributed by atoms with Crippen LogP contribution in [-0.4, -0.2) is 44.0 Å². The summed E-state index contributed by atoms with van der Waals surface area (Å²) in [5.74, 6) is -0.453. The first-order valence-electron chi connectivity index (χ1n) is 8.49. The average molecular weight is 329 g/mol. The number of benzene rings is 1.